The van der Waals surface area contributed by atoms with E-state index in [-0.39, 0.29) is 17.7 Å². The lowest BCUT2D eigenvalue weighted by Crippen LogP contribution is -2.46. The van der Waals surface area contributed by atoms with Gasteiger partial charge in [-0.3, -0.25) is 0 Å². The average molecular weight is 369 g/mol. The number of rotatable bonds is 5. The zero-order valence-electron chi connectivity index (χ0n) is 15.9. The molecule has 0 unspecified atom stereocenters. The average Bonchev–Trinajstić information content (AvgIpc) is 2.66. The summed E-state index contributed by atoms with van der Waals surface area (Å²) in [6.45, 7) is 11.0. The first kappa shape index (κ1) is 17.9. The van der Waals surface area contributed by atoms with Crippen molar-refractivity contribution < 1.29 is 9.13 Å². The van der Waals surface area contributed by atoms with E-state index >= 15 is 0 Å². The molecule has 3 heterocycles. The quantitative estimate of drug-likeness (QED) is 0.692. The first-order valence-corrected chi connectivity index (χ1v) is 9.44. The predicted octanol–water partition coefficient (Wildman–Crippen LogP) is 3.03. The number of aromatic nitrogens is 2. The van der Waals surface area contributed by atoms with Gasteiger partial charge in [-0.15, -0.1) is 0 Å². The maximum Gasteiger partial charge on any atom is 0.167 e. The van der Waals surface area contributed by atoms with E-state index in [2.05, 4.69) is 31.7 Å². The molecule has 27 heavy (non-hydrogen) atoms. The molecule has 4 rings (SSSR count). The van der Waals surface area contributed by atoms with Crippen molar-refractivity contribution in [3.63, 3.8) is 0 Å². The molecule has 142 valence electrons. The van der Waals surface area contributed by atoms with Gasteiger partial charge in [0.1, 0.15) is 12.1 Å². The van der Waals surface area contributed by atoms with Crippen LogP contribution in [0.4, 0.5) is 15.9 Å². The summed E-state index contributed by atoms with van der Waals surface area (Å²) >= 11 is 0. The van der Waals surface area contributed by atoms with Crippen LogP contribution in [0.5, 0.6) is 5.75 Å². The van der Waals surface area contributed by atoms with E-state index in [1.54, 1.807) is 12.4 Å². The lowest BCUT2D eigenvalue weighted by molar-refractivity contribution is 0.231. The van der Waals surface area contributed by atoms with Gasteiger partial charge in [0.05, 0.1) is 23.2 Å². The Bertz CT molecular complexity index is 875. The third-order valence-electron chi connectivity index (χ3n) is 4.94. The highest BCUT2D eigenvalue weighted by molar-refractivity contribution is 6.21. The van der Waals surface area contributed by atoms with Crippen molar-refractivity contribution in [2.75, 3.05) is 37.6 Å². The molecule has 6 nitrogen and oxygen atoms in total. The van der Waals surface area contributed by atoms with Crippen LogP contribution in [0.2, 0.25) is 0 Å². The van der Waals surface area contributed by atoms with Crippen LogP contribution in [0.15, 0.2) is 29.5 Å². The molecule has 0 amide bonds. The monoisotopic (exact) mass is 369 g/mol. The van der Waals surface area contributed by atoms with E-state index in [9.17, 15) is 4.39 Å². The van der Waals surface area contributed by atoms with Crippen molar-refractivity contribution in [2.45, 2.75) is 26.9 Å². The number of halogens is 1. The van der Waals surface area contributed by atoms with E-state index in [1.807, 2.05) is 19.9 Å². The second-order valence-corrected chi connectivity index (χ2v) is 7.11. The smallest absolute Gasteiger partial charge is 0.167 e. The van der Waals surface area contributed by atoms with Gasteiger partial charge in [-0.2, -0.15) is 0 Å². The highest BCUT2D eigenvalue weighted by Crippen LogP contribution is 2.37. The molecule has 0 N–H and O–H groups in total. The minimum absolute atomic E-state index is 0.0922. The number of nitrogens with zero attached hydrogens (tertiary/aromatic N) is 5. The highest BCUT2D eigenvalue weighted by Gasteiger charge is 2.26. The Morgan fingerprint density at radius 1 is 1.11 bits per heavy atom. The number of aliphatic imine (C=N–C) groups is 1. The van der Waals surface area contributed by atoms with E-state index < -0.39 is 0 Å². The number of hydrogen-bond acceptors (Lipinski definition) is 6. The third-order valence-corrected chi connectivity index (χ3v) is 4.94. The Morgan fingerprint density at radius 2 is 1.89 bits per heavy atom. The van der Waals surface area contributed by atoms with E-state index in [1.165, 1.54) is 6.07 Å². The molecule has 0 bridgehead atoms. The van der Waals surface area contributed by atoms with Crippen LogP contribution >= 0.6 is 0 Å². The van der Waals surface area contributed by atoms with Gasteiger partial charge in [-0.25, -0.2) is 19.4 Å². The molecule has 1 aromatic heterocycles. The number of hydrogen-bond donors (Lipinski definition) is 0. The first-order valence-electron chi connectivity index (χ1n) is 9.44. The van der Waals surface area contributed by atoms with Gasteiger partial charge in [0, 0.05) is 43.9 Å². The minimum Gasteiger partial charge on any atom is -0.488 e. The summed E-state index contributed by atoms with van der Waals surface area (Å²) in [6, 6.07) is 5.10. The SMILES string of the molecule is CCN1CCN(c2cc(C3=Nc4cc(F)c(OC(C)C)cc43)ncn2)CC1. The maximum atomic E-state index is 14.1. The summed E-state index contributed by atoms with van der Waals surface area (Å²) in [5.41, 5.74) is 3.02. The zero-order valence-corrected chi connectivity index (χ0v) is 15.9. The third kappa shape index (κ3) is 3.51. The fourth-order valence-corrected chi connectivity index (χ4v) is 3.43. The van der Waals surface area contributed by atoms with Crippen molar-refractivity contribution in [3.8, 4) is 5.75 Å². The molecule has 0 aliphatic carbocycles. The summed E-state index contributed by atoms with van der Waals surface area (Å²) in [4.78, 5) is 18.0. The topological polar surface area (TPSA) is 53.9 Å². The fraction of sp³-hybridized carbons (Fsp3) is 0.450. The van der Waals surface area contributed by atoms with Crippen LogP contribution in [-0.4, -0.2) is 59.4 Å². The predicted molar refractivity (Wildman–Crippen MR) is 104 cm³/mol. The van der Waals surface area contributed by atoms with Gasteiger partial charge in [-0.05, 0) is 26.5 Å². The summed E-state index contributed by atoms with van der Waals surface area (Å²) in [5, 5.41) is 0. The second-order valence-electron chi connectivity index (χ2n) is 7.11. The van der Waals surface area contributed by atoms with Crippen molar-refractivity contribution in [1.82, 2.24) is 14.9 Å². The van der Waals surface area contributed by atoms with Gasteiger partial charge in [-0.1, -0.05) is 6.92 Å². The molecule has 2 aliphatic rings. The van der Waals surface area contributed by atoms with Crippen LogP contribution in [-0.2, 0) is 0 Å². The molecule has 2 aliphatic heterocycles. The largest absolute Gasteiger partial charge is 0.488 e. The summed E-state index contributed by atoms with van der Waals surface area (Å²) in [6.07, 6.45) is 1.48. The Hall–Kier alpha value is -2.54. The molecular formula is C20H24FN5O. The van der Waals surface area contributed by atoms with Gasteiger partial charge in [0.15, 0.2) is 11.6 Å². The molecule has 1 aromatic carbocycles. The van der Waals surface area contributed by atoms with Crippen LogP contribution in [0.3, 0.4) is 0 Å². The van der Waals surface area contributed by atoms with E-state index in [4.69, 9.17) is 4.74 Å². The Kier molecular flexibility index (Phi) is 4.78. The molecule has 0 saturated carbocycles. The maximum absolute atomic E-state index is 14.1. The number of benzene rings is 1. The normalized spacial score (nSPS) is 16.8. The Balaban J connectivity index is 1.56. The lowest BCUT2D eigenvalue weighted by atomic mass is 9.98. The van der Waals surface area contributed by atoms with Crippen LogP contribution < -0.4 is 9.64 Å². The number of piperazine rings is 1. The minimum atomic E-state index is -0.387. The molecule has 7 heteroatoms. The number of fused-ring (bicyclic) bond motifs is 1. The first-order chi connectivity index (χ1) is 13.0. The number of ether oxygens (including phenoxy) is 1. The summed E-state index contributed by atoms with van der Waals surface area (Å²) in [7, 11) is 0. The van der Waals surface area contributed by atoms with Crippen molar-refractivity contribution in [3.05, 3.63) is 41.6 Å². The van der Waals surface area contributed by atoms with Gasteiger partial charge >= 0.3 is 0 Å². The number of anilines is 1. The molecule has 0 radical (unpaired) electrons. The van der Waals surface area contributed by atoms with Gasteiger partial charge < -0.3 is 14.5 Å². The van der Waals surface area contributed by atoms with Crippen LogP contribution in [0, 0.1) is 5.82 Å². The Morgan fingerprint density at radius 3 is 2.59 bits per heavy atom. The molecule has 1 saturated heterocycles. The van der Waals surface area contributed by atoms with Crippen LogP contribution in [0.25, 0.3) is 0 Å². The fourth-order valence-electron chi connectivity index (χ4n) is 3.43. The number of likely N-dealkylation sites (N-methyl/N-ethyl adjacent to an activating group) is 1. The highest BCUT2D eigenvalue weighted by atomic mass is 19.1. The molecular weight excluding hydrogens is 345 g/mol. The molecule has 1 fully saturated rings. The van der Waals surface area contributed by atoms with Crippen LogP contribution in [0.1, 0.15) is 32.0 Å². The standard InChI is InChI=1S/C20H24FN5O/c1-4-25-5-7-26(8-6-25)19-11-17(22-12-23-19)20-14-9-18(27-13(2)3)15(21)10-16(14)24-20/h9-13H,4-8H2,1-3H3. The lowest BCUT2D eigenvalue weighted by Gasteiger charge is -2.34. The van der Waals surface area contributed by atoms with Gasteiger partial charge in [0.2, 0.25) is 0 Å². The second kappa shape index (κ2) is 7.23. The van der Waals surface area contributed by atoms with E-state index in [0.717, 1.165) is 55.5 Å². The van der Waals surface area contributed by atoms with Gasteiger partial charge in [0.25, 0.3) is 0 Å². The molecule has 0 spiro atoms. The molecule has 0 atom stereocenters. The van der Waals surface area contributed by atoms with Crippen molar-refractivity contribution in [1.29, 1.82) is 0 Å². The summed E-state index contributed by atoms with van der Waals surface area (Å²) in [5.74, 6) is 0.774. The zero-order chi connectivity index (χ0) is 19.0. The summed E-state index contributed by atoms with van der Waals surface area (Å²) < 4.78 is 19.7. The van der Waals surface area contributed by atoms with Crippen molar-refractivity contribution >= 4 is 17.2 Å². The van der Waals surface area contributed by atoms with Crippen molar-refractivity contribution in [2.24, 2.45) is 4.99 Å². The molecule has 2 aromatic rings. The Labute approximate surface area is 158 Å². The van der Waals surface area contributed by atoms with E-state index in [0.29, 0.717) is 5.69 Å².